The number of hydrogen-bond donors (Lipinski definition) is 0. The van der Waals surface area contributed by atoms with E-state index in [9.17, 15) is 0 Å². The zero-order valence-corrected chi connectivity index (χ0v) is 6.36. The van der Waals surface area contributed by atoms with Crippen LogP contribution in [0.1, 0.15) is 6.92 Å². The van der Waals surface area contributed by atoms with E-state index in [1.165, 1.54) is 4.43 Å². The fraction of sp³-hybridized carbons (Fsp3) is 1.00. The molecule has 0 spiro atoms. The molecule has 0 amide bonds. The first kappa shape index (κ1) is 9.09. The summed E-state index contributed by atoms with van der Waals surface area (Å²) in [5.41, 5.74) is 0. The van der Waals surface area contributed by atoms with Crippen LogP contribution in [0.5, 0.6) is 0 Å². The molecule has 0 fully saturated rings. The maximum Gasteiger partial charge on any atom is 0 e. The Labute approximate surface area is 56.6 Å². The molecule has 0 aliphatic carbocycles. The lowest BCUT2D eigenvalue weighted by atomic mass is 11.0. The Kier molecular flexibility index (Phi) is 20.0. The van der Waals surface area contributed by atoms with Crippen LogP contribution in [0.3, 0.4) is 0 Å². The predicted molar refractivity (Wildman–Crippen MR) is 30.3 cm³/mol. The molecule has 0 aliphatic rings. The van der Waals surface area contributed by atoms with Gasteiger partial charge < -0.3 is 0 Å². The van der Waals surface area contributed by atoms with E-state index in [4.69, 9.17) is 0 Å². The van der Waals surface area contributed by atoms with Gasteiger partial charge in [-0.1, -0.05) is 29.5 Å². The first-order valence-corrected chi connectivity index (χ1v) is 2.50. The summed E-state index contributed by atoms with van der Waals surface area (Å²) in [7, 11) is 0. The molecule has 0 aromatic heterocycles. The van der Waals surface area contributed by atoms with Crippen molar-refractivity contribution < 1.29 is 0 Å². The Hall–Kier alpha value is 1.50. The van der Waals surface area contributed by atoms with Crippen LogP contribution in [0, 0.1) is 0 Å². The summed E-state index contributed by atoms with van der Waals surface area (Å²) in [5, 5.41) is 0. The smallest absolute Gasteiger partial charge is 0 e. The molecule has 0 atom stereocenters. The van der Waals surface area contributed by atoms with E-state index < -0.39 is 0 Å². The third kappa shape index (κ3) is 9.73. The first-order valence-electron chi connectivity index (χ1n) is 0.974. The molecule has 2 radical (unpaired) electrons. The van der Waals surface area contributed by atoms with E-state index >= 15 is 0 Å². The second-order valence-corrected chi connectivity index (χ2v) is 1.79. The van der Waals surface area contributed by atoms with Crippen LogP contribution in [-0.4, -0.2) is 27.5 Å². The molecule has 0 saturated carbocycles. The molecule has 0 N–H and O–H groups in total. The second-order valence-electron chi connectivity index (χ2n) is 0.267. The number of alkyl halides is 1. The Morgan fingerprint density at radius 3 is 1.75 bits per heavy atom. The van der Waals surface area contributed by atoms with Gasteiger partial charge in [-0.2, -0.15) is 0 Å². The van der Waals surface area contributed by atoms with Crippen molar-refractivity contribution in [3.8, 4) is 0 Å². The third-order valence-corrected chi connectivity index (χ3v) is 0. The molecule has 0 saturated heterocycles. The fourth-order valence-corrected chi connectivity index (χ4v) is 0. The molecule has 0 bridgehead atoms. The second kappa shape index (κ2) is 8.82. The van der Waals surface area contributed by atoms with Crippen LogP contribution >= 0.6 is 22.6 Å². The third-order valence-electron chi connectivity index (χ3n) is 0. The van der Waals surface area contributed by atoms with Gasteiger partial charge in [0.25, 0.3) is 0 Å². The van der Waals surface area contributed by atoms with E-state index in [1.54, 1.807) is 0 Å². The summed E-state index contributed by atoms with van der Waals surface area (Å²) in [6.45, 7) is 2.11. The zero-order chi connectivity index (χ0) is 2.71. The molecule has 0 aromatic rings. The van der Waals surface area contributed by atoms with Gasteiger partial charge in [0.05, 0.1) is 0 Å². The first-order chi connectivity index (χ1) is 1.41. The Morgan fingerprint density at radius 2 is 1.75 bits per heavy atom. The van der Waals surface area contributed by atoms with Crippen molar-refractivity contribution >= 4 is 45.6 Å². The molecule has 0 aromatic carbocycles. The number of hydrogen-bond acceptors (Lipinski definition) is 0. The maximum absolute atomic E-state index is 2.29. The van der Waals surface area contributed by atoms with Gasteiger partial charge in [-0.05, 0) is 4.43 Å². The van der Waals surface area contributed by atoms with Crippen molar-refractivity contribution in [1.29, 1.82) is 0 Å². The van der Waals surface area contributed by atoms with Crippen molar-refractivity contribution in [3.63, 3.8) is 0 Å². The monoisotopic (exact) mass is 180 g/mol. The molecule has 2 heteroatoms. The lowest BCUT2D eigenvalue weighted by molar-refractivity contribution is 1.58. The van der Waals surface area contributed by atoms with Gasteiger partial charge >= 0.3 is 0 Å². The van der Waals surface area contributed by atoms with Crippen molar-refractivity contribution in [2.24, 2.45) is 0 Å². The van der Waals surface area contributed by atoms with Crippen molar-refractivity contribution in [3.05, 3.63) is 0 Å². The quantitative estimate of drug-likeness (QED) is 0.297. The average molecular weight is 180 g/mol. The molecular weight excluding hydrogens is 175 g/mol. The summed E-state index contributed by atoms with van der Waals surface area (Å²) in [6.07, 6.45) is 0. The minimum Gasteiger partial charge on any atom is -0.0867 e. The van der Waals surface area contributed by atoms with Crippen molar-refractivity contribution in [1.82, 2.24) is 0 Å². The van der Waals surface area contributed by atoms with Crippen LogP contribution < -0.4 is 0 Å². The molecule has 4 heavy (non-hydrogen) atoms. The lowest BCUT2D eigenvalue weighted by Crippen LogP contribution is -1.33. The van der Waals surface area contributed by atoms with E-state index in [0.29, 0.717) is 0 Å². The van der Waals surface area contributed by atoms with Gasteiger partial charge in [-0.25, -0.2) is 0 Å². The number of halogens is 1. The van der Waals surface area contributed by atoms with Crippen LogP contribution in [0.15, 0.2) is 0 Å². The highest BCUT2D eigenvalue weighted by atomic mass is 127. The Morgan fingerprint density at radius 1 is 1.75 bits per heavy atom. The van der Waals surface area contributed by atoms with Crippen LogP contribution in [0.25, 0.3) is 0 Å². The van der Waals surface area contributed by atoms with Gasteiger partial charge in [0.2, 0.25) is 0 Å². The predicted octanol–water partition coefficient (Wildman–Crippen LogP) is 1.06. The van der Waals surface area contributed by atoms with Crippen LogP contribution in [0.4, 0.5) is 0 Å². The standard InChI is InChI=1S/C2H5I.Mg/c1-2-3;/h2H2,1H3;. The summed E-state index contributed by atoms with van der Waals surface area (Å²) in [6, 6.07) is 0. The molecule has 22 valence electrons. The fourth-order valence-electron chi connectivity index (χ4n) is 0. The average Bonchev–Trinajstić information content (AvgIpc) is 0.918. The minimum atomic E-state index is 0. The largest absolute Gasteiger partial charge is 0.0867 e. The van der Waals surface area contributed by atoms with E-state index in [1.807, 2.05) is 0 Å². The minimum absolute atomic E-state index is 0. The molecule has 0 aliphatic heterocycles. The summed E-state index contributed by atoms with van der Waals surface area (Å²) >= 11 is 2.29. The topological polar surface area (TPSA) is 0 Å². The van der Waals surface area contributed by atoms with Gasteiger partial charge in [-0.3, -0.25) is 0 Å². The van der Waals surface area contributed by atoms with Crippen LogP contribution in [-0.2, 0) is 0 Å². The normalized spacial score (nSPS) is 4.50. The zero-order valence-electron chi connectivity index (χ0n) is 2.79. The summed E-state index contributed by atoms with van der Waals surface area (Å²) < 4.78 is 1.22. The van der Waals surface area contributed by atoms with E-state index in [-0.39, 0.29) is 23.1 Å². The van der Waals surface area contributed by atoms with Crippen LogP contribution in [0.2, 0.25) is 0 Å². The highest BCUT2D eigenvalue weighted by Crippen LogP contribution is 1.69. The summed E-state index contributed by atoms with van der Waals surface area (Å²) in [5.74, 6) is 0. The SMILES string of the molecule is CCI.[Mg]. The Balaban J connectivity index is 0. The molecule has 0 heterocycles. The van der Waals surface area contributed by atoms with Gasteiger partial charge in [0, 0.05) is 23.1 Å². The molecule has 0 unspecified atom stereocenters. The van der Waals surface area contributed by atoms with E-state index in [2.05, 4.69) is 29.5 Å². The van der Waals surface area contributed by atoms with Gasteiger partial charge in [-0.15, -0.1) is 0 Å². The van der Waals surface area contributed by atoms with Crippen molar-refractivity contribution in [2.75, 3.05) is 4.43 Å². The summed E-state index contributed by atoms with van der Waals surface area (Å²) in [4.78, 5) is 0. The molecular formula is C2H5IMg. The maximum atomic E-state index is 2.29. The lowest BCUT2D eigenvalue weighted by Gasteiger charge is -1.45. The van der Waals surface area contributed by atoms with Gasteiger partial charge in [0.1, 0.15) is 0 Å². The molecule has 0 rings (SSSR count). The van der Waals surface area contributed by atoms with Crippen molar-refractivity contribution in [2.45, 2.75) is 6.92 Å². The molecule has 0 nitrogen and oxygen atoms in total. The number of rotatable bonds is 0. The highest BCUT2D eigenvalue weighted by molar-refractivity contribution is 14.1. The highest BCUT2D eigenvalue weighted by Gasteiger charge is 1.38. The van der Waals surface area contributed by atoms with Gasteiger partial charge in [0.15, 0.2) is 0 Å². The Bertz CT molecular complexity index is 6.00. The van der Waals surface area contributed by atoms with E-state index in [0.717, 1.165) is 0 Å².